The van der Waals surface area contributed by atoms with Crippen LogP contribution in [0.3, 0.4) is 0 Å². The molecule has 4 rings (SSSR count). The summed E-state index contributed by atoms with van der Waals surface area (Å²) in [6.07, 6.45) is 5.15. The van der Waals surface area contributed by atoms with Gasteiger partial charge in [-0.3, -0.25) is 9.78 Å². The first-order valence-electron chi connectivity index (χ1n) is 8.95. The van der Waals surface area contributed by atoms with Crippen molar-refractivity contribution in [1.82, 2.24) is 14.9 Å². The van der Waals surface area contributed by atoms with Gasteiger partial charge in [0, 0.05) is 45.0 Å². The fourth-order valence-corrected chi connectivity index (χ4v) is 3.46. The molecule has 0 N–H and O–H groups in total. The Kier molecular flexibility index (Phi) is 4.56. The minimum Gasteiger partial charge on any atom is -0.423 e. The molecule has 2 aromatic heterocycles. The predicted octanol–water partition coefficient (Wildman–Crippen LogP) is 3.10. The Labute approximate surface area is 152 Å². The molecule has 1 aliphatic heterocycles. The molecule has 0 atom stereocenters. The third-order valence-electron chi connectivity index (χ3n) is 4.94. The quantitative estimate of drug-likeness (QED) is 0.723. The Morgan fingerprint density at radius 1 is 1.19 bits per heavy atom. The number of fused-ring (bicyclic) bond motifs is 1. The fourth-order valence-electron chi connectivity index (χ4n) is 3.46. The fraction of sp³-hybridized carbons (Fsp3) is 0.350. The van der Waals surface area contributed by atoms with E-state index in [1.807, 2.05) is 48.3 Å². The van der Waals surface area contributed by atoms with E-state index in [1.165, 1.54) is 0 Å². The van der Waals surface area contributed by atoms with E-state index in [9.17, 15) is 4.79 Å². The molecular weight excluding hydrogens is 328 g/mol. The number of carbonyl (C=O) groups is 1. The number of piperidine rings is 1. The topological polar surface area (TPSA) is 62.5 Å². The molecule has 1 aromatic carbocycles. The van der Waals surface area contributed by atoms with Crippen LogP contribution in [0.1, 0.15) is 18.4 Å². The number of anilines is 1. The largest absolute Gasteiger partial charge is 0.423 e. The number of para-hydroxylation sites is 2. The van der Waals surface area contributed by atoms with Crippen molar-refractivity contribution in [3.63, 3.8) is 0 Å². The number of nitrogens with zero attached hydrogens (tertiary/aromatic N) is 4. The van der Waals surface area contributed by atoms with Crippen LogP contribution in [0.5, 0.6) is 0 Å². The SMILES string of the molecule is CN(Cc1ccncc1)C(=O)C1CCN(c2nc3ccccc3o2)CC1. The zero-order chi connectivity index (χ0) is 17.9. The molecule has 1 fully saturated rings. The highest BCUT2D eigenvalue weighted by molar-refractivity contribution is 5.79. The minimum atomic E-state index is 0.0578. The highest BCUT2D eigenvalue weighted by Gasteiger charge is 2.29. The Morgan fingerprint density at radius 3 is 2.65 bits per heavy atom. The summed E-state index contributed by atoms with van der Waals surface area (Å²) in [5, 5.41) is 0. The first kappa shape index (κ1) is 16.6. The average molecular weight is 350 g/mol. The van der Waals surface area contributed by atoms with Gasteiger partial charge >= 0.3 is 0 Å². The summed E-state index contributed by atoms with van der Waals surface area (Å²) < 4.78 is 5.84. The van der Waals surface area contributed by atoms with Gasteiger partial charge in [-0.1, -0.05) is 12.1 Å². The van der Waals surface area contributed by atoms with Crippen LogP contribution in [0.2, 0.25) is 0 Å². The van der Waals surface area contributed by atoms with E-state index in [1.54, 1.807) is 12.4 Å². The summed E-state index contributed by atoms with van der Waals surface area (Å²) in [6.45, 7) is 2.19. The lowest BCUT2D eigenvalue weighted by molar-refractivity contribution is -0.135. The Bertz CT molecular complexity index is 852. The van der Waals surface area contributed by atoms with E-state index < -0.39 is 0 Å². The lowest BCUT2D eigenvalue weighted by atomic mass is 9.95. The maximum absolute atomic E-state index is 12.7. The second-order valence-electron chi connectivity index (χ2n) is 6.78. The second kappa shape index (κ2) is 7.15. The van der Waals surface area contributed by atoms with Gasteiger partial charge in [0.25, 0.3) is 6.01 Å². The molecule has 1 aliphatic rings. The van der Waals surface area contributed by atoms with Crippen molar-refractivity contribution >= 4 is 23.0 Å². The molecule has 3 aromatic rings. The molecule has 0 bridgehead atoms. The van der Waals surface area contributed by atoms with Gasteiger partial charge in [0.05, 0.1) is 0 Å². The van der Waals surface area contributed by atoms with Crippen LogP contribution in [0.25, 0.3) is 11.1 Å². The van der Waals surface area contributed by atoms with E-state index in [4.69, 9.17) is 4.42 Å². The molecule has 134 valence electrons. The first-order chi connectivity index (χ1) is 12.7. The Morgan fingerprint density at radius 2 is 1.92 bits per heavy atom. The van der Waals surface area contributed by atoms with Crippen LogP contribution in [0, 0.1) is 5.92 Å². The van der Waals surface area contributed by atoms with Gasteiger partial charge in [-0.15, -0.1) is 0 Å². The summed E-state index contributed by atoms with van der Waals surface area (Å²) in [4.78, 5) is 25.3. The van der Waals surface area contributed by atoms with Crippen LogP contribution < -0.4 is 4.90 Å². The lowest BCUT2D eigenvalue weighted by Gasteiger charge is -2.32. The molecule has 0 aliphatic carbocycles. The molecule has 0 radical (unpaired) electrons. The zero-order valence-corrected chi connectivity index (χ0v) is 14.8. The molecule has 0 unspecified atom stereocenters. The van der Waals surface area contributed by atoms with Crippen molar-refractivity contribution in [1.29, 1.82) is 0 Å². The molecule has 6 nitrogen and oxygen atoms in total. The Balaban J connectivity index is 1.36. The normalized spacial score (nSPS) is 15.3. The van der Waals surface area contributed by atoms with E-state index >= 15 is 0 Å². The van der Waals surface area contributed by atoms with E-state index in [2.05, 4.69) is 14.9 Å². The van der Waals surface area contributed by atoms with Crippen molar-refractivity contribution in [2.24, 2.45) is 5.92 Å². The molecule has 0 saturated carbocycles. The zero-order valence-electron chi connectivity index (χ0n) is 14.8. The van der Waals surface area contributed by atoms with Gasteiger partial charge < -0.3 is 14.2 Å². The smallest absolute Gasteiger partial charge is 0.298 e. The molecule has 1 saturated heterocycles. The van der Waals surface area contributed by atoms with Crippen molar-refractivity contribution < 1.29 is 9.21 Å². The van der Waals surface area contributed by atoms with Gasteiger partial charge in [0.1, 0.15) is 5.52 Å². The van der Waals surface area contributed by atoms with Crippen molar-refractivity contribution in [3.8, 4) is 0 Å². The van der Waals surface area contributed by atoms with E-state index in [-0.39, 0.29) is 11.8 Å². The summed E-state index contributed by atoms with van der Waals surface area (Å²) in [6, 6.07) is 12.3. The predicted molar refractivity (Wildman–Crippen MR) is 99.7 cm³/mol. The number of amides is 1. The van der Waals surface area contributed by atoms with Gasteiger partial charge in [-0.25, -0.2) is 0 Å². The third-order valence-corrected chi connectivity index (χ3v) is 4.94. The van der Waals surface area contributed by atoms with Gasteiger partial charge in [-0.05, 0) is 42.7 Å². The molecule has 6 heteroatoms. The summed E-state index contributed by atoms with van der Waals surface area (Å²) in [7, 11) is 1.87. The monoisotopic (exact) mass is 350 g/mol. The highest BCUT2D eigenvalue weighted by Crippen LogP contribution is 2.27. The number of hydrogen-bond donors (Lipinski definition) is 0. The van der Waals surface area contributed by atoms with Gasteiger partial charge in [0.2, 0.25) is 5.91 Å². The molecular formula is C20H22N4O2. The van der Waals surface area contributed by atoms with E-state index in [0.29, 0.717) is 12.6 Å². The van der Waals surface area contributed by atoms with Crippen molar-refractivity contribution in [2.45, 2.75) is 19.4 Å². The first-order valence-corrected chi connectivity index (χ1v) is 8.95. The highest BCUT2D eigenvalue weighted by atomic mass is 16.4. The molecule has 1 amide bonds. The lowest BCUT2D eigenvalue weighted by Crippen LogP contribution is -2.41. The molecule has 0 spiro atoms. The standard InChI is InChI=1S/C20H22N4O2/c1-23(14-15-6-10-21-11-7-15)19(25)16-8-12-24(13-9-16)20-22-17-4-2-3-5-18(17)26-20/h2-7,10-11,16H,8-9,12-14H2,1H3. The number of carbonyl (C=O) groups excluding carboxylic acids is 1. The summed E-state index contributed by atoms with van der Waals surface area (Å²) >= 11 is 0. The van der Waals surface area contributed by atoms with Crippen LogP contribution >= 0.6 is 0 Å². The number of oxazole rings is 1. The Hall–Kier alpha value is -2.89. The average Bonchev–Trinajstić information content (AvgIpc) is 3.12. The maximum Gasteiger partial charge on any atom is 0.298 e. The number of rotatable bonds is 4. The third kappa shape index (κ3) is 3.40. The van der Waals surface area contributed by atoms with Gasteiger partial charge in [0.15, 0.2) is 5.58 Å². The number of hydrogen-bond acceptors (Lipinski definition) is 5. The second-order valence-corrected chi connectivity index (χ2v) is 6.78. The van der Waals surface area contributed by atoms with Crippen LogP contribution in [-0.2, 0) is 11.3 Å². The van der Waals surface area contributed by atoms with Gasteiger partial charge in [-0.2, -0.15) is 4.98 Å². The van der Waals surface area contributed by atoms with Crippen LogP contribution in [0.15, 0.2) is 53.2 Å². The number of pyridine rings is 1. The summed E-state index contributed by atoms with van der Waals surface area (Å²) in [5.41, 5.74) is 2.77. The number of benzene rings is 1. The van der Waals surface area contributed by atoms with Crippen molar-refractivity contribution in [2.75, 3.05) is 25.0 Å². The van der Waals surface area contributed by atoms with Crippen LogP contribution in [0.4, 0.5) is 6.01 Å². The van der Waals surface area contributed by atoms with Crippen LogP contribution in [-0.4, -0.2) is 40.9 Å². The summed E-state index contributed by atoms with van der Waals surface area (Å²) in [5.74, 6) is 0.265. The maximum atomic E-state index is 12.7. The minimum absolute atomic E-state index is 0.0578. The van der Waals surface area contributed by atoms with E-state index in [0.717, 1.165) is 42.6 Å². The molecule has 3 heterocycles. The number of aromatic nitrogens is 2. The molecule has 26 heavy (non-hydrogen) atoms. The van der Waals surface area contributed by atoms with Crippen molar-refractivity contribution in [3.05, 3.63) is 54.4 Å².